The van der Waals surface area contributed by atoms with Crippen molar-refractivity contribution >= 4 is 5.96 Å². The zero-order valence-corrected chi connectivity index (χ0v) is 15.2. The van der Waals surface area contributed by atoms with Crippen molar-refractivity contribution in [2.24, 2.45) is 12.0 Å². The minimum absolute atomic E-state index is 0.511. The van der Waals surface area contributed by atoms with Crippen LogP contribution in [0.4, 0.5) is 0 Å². The number of rotatable bonds is 5. The van der Waals surface area contributed by atoms with Crippen LogP contribution in [-0.4, -0.2) is 26.8 Å². The van der Waals surface area contributed by atoms with E-state index in [2.05, 4.69) is 45.1 Å². The molecule has 1 fully saturated rings. The number of hydrogen-bond acceptors (Lipinski definition) is 3. The van der Waals surface area contributed by atoms with Crippen LogP contribution in [0.3, 0.4) is 0 Å². The molecule has 1 heterocycles. The van der Waals surface area contributed by atoms with Crippen LogP contribution in [0.5, 0.6) is 0 Å². The molecule has 3 rings (SSSR count). The Kier molecular flexibility index (Phi) is 6.04. The van der Waals surface area contributed by atoms with E-state index in [9.17, 15) is 0 Å². The van der Waals surface area contributed by atoms with Gasteiger partial charge in [0.1, 0.15) is 5.82 Å². The molecule has 0 spiro atoms. The molecule has 0 saturated heterocycles. The van der Waals surface area contributed by atoms with Crippen molar-refractivity contribution in [2.75, 3.05) is 0 Å². The first kappa shape index (κ1) is 17.5. The summed E-state index contributed by atoms with van der Waals surface area (Å²) < 4.78 is 2.00. The van der Waals surface area contributed by atoms with Gasteiger partial charge in [-0.2, -0.15) is 0 Å². The van der Waals surface area contributed by atoms with Crippen LogP contribution in [0.25, 0.3) is 0 Å². The molecule has 1 aliphatic carbocycles. The molecule has 1 aliphatic rings. The van der Waals surface area contributed by atoms with Crippen LogP contribution in [0, 0.1) is 6.92 Å². The van der Waals surface area contributed by atoms with Crippen molar-refractivity contribution in [1.29, 1.82) is 0 Å². The van der Waals surface area contributed by atoms with E-state index in [0.717, 1.165) is 17.6 Å². The minimum atomic E-state index is 0.511. The summed E-state index contributed by atoms with van der Waals surface area (Å²) in [6.45, 7) is 3.24. The second-order valence-corrected chi connectivity index (χ2v) is 6.71. The standard InChI is InChI=1S/C19H28N6/c1-15-23-24-18(25(15)2)14-21-19(22-17-11-7-4-8-12-17)20-13-16-9-5-3-6-10-16/h3,5-6,9-10,17H,4,7-8,11-14H2,1-2H3,(H2,20,21,22). The summed E-state index contributed by atoms with van der Waals surface area (Å²) in [5, 5.41) is 15.4. The first-order valence-electron chi connectivity index (χ1n) is 9.16. The molecule has 0 unspecified atom stereocenters. The molecule has 1 saturated carbocycles. The Balaban J connectivity index is 1.65. The first-order chi connectivity index (χ1) is 12.2. The van der Waals surface area contributed by atoms with Crippen LogP contribution in [0.1, 0.15) is 49.3 Å². The number of nitrogens with zero attached hydrogens (tertiary/aromatic N) is 4. The van der Waals surface area contributed by atoms with Gasteiger partial charge >= 0.3 is 0 Å². The Morgan fingerprint density at radius 1 is 1.16 bits per heavy atom. The molecule has 2 N–H and O–H groups in total. The van der Waals surface area contributed by atoms with E-state index >= 15 is 0 Å². The molecule has 0 radical (unpaired) electrons. The van der Waals surface area contributed by atoms with Crippen molar-refractivity contribution in [3.05, 3.63) is 47.5 Å². The van der Waals surface area contributed by atoms with Crippen molar-refractivity contribution in [2.45, 2.75) is 58.2 Å². The Labute approximate surface area is 149 Å². The predicted octanol–water partition coefficient (Wildman–Crippen LogP) is 2.69. The topological polar surface area (TPSA) is 67.1 Å². The summed E-state index contributed by atoms with van der Waals surface area (Å²) in [7, 11) is 1.99. The van der Waals surface area contributed by atoms with E-state index < -0.39 is 0 Å². The largest absolute Gasteiger partial charge is 0.354 e. The number of hydrogen-bond donors (Lipinski definition) is 2. The number of benzene rings is 1. The van der Waals surface area contributed by atoms with Gasteiger partial charge < -0.3 is 15.2 Å². The van der Waals surface area contributed by atoms with Crippen LogP contribution >= 0.6 is 0 Å². The monoisotopic (exact) mass is 340 g/mol. The van der Waals surface area contributed by atoms with E-state index in [1.165, 1.54) is 37.7 Å². The number of guanidine groups is 1. The fraction of sp³-hybridized carbons (Fsp3) is 0.526. The average Bonchev–Trinajstić information content (AvgIpc) is 2.97. The minimum Gasteiger partial charge on any atom is -0.354 e. The van der Waals surface area contributed by atoms with Crippen LogP contribution in [0.15, 0.2) is 35.3 Å². The van der Waals surface area contributed by atoms with E-state index in [1.54, 1.807) is 0 Å². The normalized spacial score (nSPS) is 16.0. The van der Waals surface area contributed by atoms with E-state index in [4.69, 9.17) is 4.99 Å². The number of aliphatic imine (C=N–C) groups is 1. The molecule has 6 heteroatoms. The smallest absolute Gasteiger partial charge is 0.192 e. The highest BCUT2D eigenvalue weighted by Gasteiger charge is 2.15. The van der Waals surface area contributed by atoms with E-state index in [0.29, 0.717) is 19.1 Å². The lowest BCUT2D eigenvalue weighted by Crippen LogP contribution is -2.44. The fourth-order valence-corrected chi connectivity index (χ4v) is 3.11. The summed E-state index contributed by atoms with van der Waals surface area (Å²) in [4.78, 5) is 4.78. The first-order valence-corrected chi connectivity index (χ1v) is 9.16. The molecule has 2 aromatic rings. The molecule has 1 aromatic carbocycles. The van der Waals surface area contributed by atoms with Gasteiger partial charge in [0.15, 0.2) is 11.8 Å². The van der Waals surface area contributed by atoms with Gasteiger partial charge in [-0.05, 0) is 25.3 Å². The Hall–Kier alpha value is -2.37. The van der Waals surface area contributed by atoms with E-state index in [-0.39, 0.29) is 0 Å². The molecular formula is C19H28N6. The third kappa shape index (κ3) is 5.05. The Bertz CT molecular complexity index is 685. The quantitative estimate of drug-likeness (QED) is 0.649. The molecule has 134 valence electrons. The predicted molar refractivity (Wildman–Crippen MR) is 100 cm³/mol. The Morgan fingerprint density at radius 3 is 2.60 bits per heavy atom. The highest BCUT2D eigenvalue weighted by Crippen LogP contribution is 2.17. The van der Waals surface area contributed by atoms with Gasteiger partial charge in [0.05, 0.1) is 13.1 Å². The van der Waals surface area contributed by atoms with Gasteiger partial charge in [0.2, 0.25) is 0 Å². The van der Waals surface area contributed by atoms with Crippen molar-refractivity contribution in [3.63, 3.8) is 0 Å². The molecule has 0 atom stereocenters. The van der Waals surface area contributed by atoms with Gasteiger partial charge in [-0.1, -0.05) is 49.6 Å². The maximum absolute atomic E-state index is 4.78. The van der Waals surface area contributed by atoms with Crippen LogP contribution < -0.4 is 10.6 Å². The number of nitrogens with one attached hydrogen (secondary N) is 2. The second-order valence-electron chi connectivity index (χ2n) is 6.71. The van der Waals surface area contributed by atoms with Crippen LogP contribution in [0.2, 0.25) is 0 Å². The molecule has 1 aromatic heterocycles. The van der Waals surface area contributed by atoms with Gasteiger partial charge in [-0.25, -0.2) is 4.99 Å². The highest BCUT2D eigenvalue weighted by molar-refractivity contribution is 5.80. The van der Waals surface area contributed by atoms with Crippen molar-refractivity contribution in [1.82, 2.24) is 25.4 Å². The highest BCUT2D eigenvalue weighted by atomic mass is 15.3. The Morgan fingerprint density at radius 2 is 1.92 bits per heavy atom. The van der Waals surface area contributed by atoms with Gasteiger partial charge in [-0.15, -0.1) is 10.2 Å². The van der Waals surface area contributed by atoms with E-state index in [1.807, 2.05) is 24.6 Å². The summed E-state index contributed by atoms with van der Waals surface area (Å²) in [5.41, 5.74) is 1.21. The van der Waals surface area contributed by atoms with Crippen molar-refractivity contribution < 1.29 is 0 Å². The lowest BCUT2D eigenvalue weighted by molar-refractivity contribution is 0.409. The average molecular weight is 340 g/mol. The summed E-state index contributed by atoms with van der Waals surface area (Å²) >= 11 is 0. The molecule has 0 bridgehead atoms. The maximum Gasteiger partial charge on any atom is 0.192 e. The SMILES string of the molecule is Cc1nnc(CNC(=NCc2ccccc2)NC2CCCCC2)n1C. The third-order valence-electron chi connectivity index (χ3n) is 4.81. The molecule has 6 nitrogen and oxygen atoms in total. The maximum atomic E-state index is 4.78. The second kappa shape index (κ2) is 8.65. The molecule has 0 amide bonds. The van der Waals surface area contributed by atoms with Gasteiger partial charge in [-0.3, -0.25) is 0 Å². The van der Waals surface area contributed by atoms with Gasteiger partial charge in [0.25, 0.3) is 0 Å². The molecule has 0 aliphatic heterocycles. The van der Waals surface area contributed by atoms with Crippen molar-refractivity contribution in [3.8, 4) is 0 Å². The lowest BCUT2D eigenvalue weighted by Gasteiger charge is -2.25. The number of aryl methyl sites for hydroxylation is 1. The number of aromatic nitrogens is 3. The van der Waals surface area contributed by atoms with Gasteiger partial charge in [0, 0.05) is 13.1 Å². The molecular weight excluding hydrogens is 312 g/mol. The van der Waals surface area contributed by atoms with Crippen LogP contribution in [-0.2, 0) is 20.1 Å². The third-order valence-corrected chi connectivity index (χ3v) is 4.81. The summed E-state index contributed by atoms with van der Waals surface area (Å²) in [5.74, 6) is 2.69. The fourth-order valence-electron chi connectivity index (χ4n) is 3.11. The molecule has 25 heavy (non-hydrogen) atoms. The zero-order valence-electron chi connectivity index (χ0n) is 15.2. The zero-order chi connectivity index (χ0) is 17.5. The lowest BCUT2D eigenvalue weighted by atomic mass is 9.96. The summed E-state index contributed by atoms with van der Waals surface area (Å²) in [6, 6.07) is 10.9. The summed E-state index contributed by atoms with van der Waals surface area (Å²) in [6.07, 6.45) is 6.38.